The van der Waals surface area contributed by atoms with Gasteiger partial charge in [-0.3, -0.25) is 4.79 Å². The van der Waals surface area contributed by atoms with Gasteiger partial charge in [0.25, 0.3) is 0 Å². The van der Waals surface area contributed by atoms with Crippen LogP contribution in [0, 0.1) is 6.92 Å². The molecule has 2 rings (SSSR count). The van der Waals surface area contributed by atoms with Gasteiger partial charge < -0.3 is 10.4 Å². The van der Waals surface area contributed by atoms with Crippen molar-refractivity contribution in [2.45, 2.75) is 6.92 Å². The van der Waals surface area contributed by atoms with Crippen molar-refractivity contribution in [1.29, 1.82) is 0 Å². The van der Waals surface area contributed by atoms with Gasteiger partial charge in [0, 0.05) is 20.3 Å². The molecular formula is C15H12BrNO3S. The molecule has 0 aliphatic heterocycles. The molecule has 2 N–H and O–H groups in total. The maximum absolute atomic E-state index is 11.8. The Kier molecular flexibility index (Phi) is 4.93. The summed E-state index contributed by atoms with van der Waals surface area (Å²) in [6.45, 7) is 2.00. The van der Waals surface area contributed by atoms with Crippen molar-refractivity contribution >= 4 is 50.9 Å². The third kappa shape index (κ3) is 4.27. The van der Waals surface area contributed by atoms with Crippen LogP contribution in [0.2, 0.25) is 0 Å². The van der Waals surface area contributed by atoms with Gasteiger partial charge in [0.2, 0.25) is 5.91 Å². The first-order valence-electron chi connectivity index (χ1n) is 6.04. The molecule has 6 heteroatoms. The third-order valence-electron chi connectivity index (χ3n) is 2.63. The van der Waals surface area contributed by atoms with E-state index in [4.69, 9.17) is 5.11 Å². The molecule has 0 saturated carbocycles. The van der Waals surface area contributed by atoms with Gasteiger partial charge in [0.1, 0.15) is 0 Å². The smallest absolute Gasteiger partial charge is 0.335 e. The van der Waals surface area contributed by atoms with Crippen molar-refractivity contribution < 1.29 is 14.7 Å². The molecule has 1 aromatic heterocycles. The third-order valence-corrected chi connectivity index (χ3v) is 4.26. The average Bonchev–Trinajstić information content (AvgIpc) is 2.84. The van der Waals surface area contributed by atoms with Crippen LogP contribution in [-0.2, 0) is 4.79 Å². The molecule has 1 aromatic carbocycles. The number of carboxylic acid groups (broad SMARTS) is 1. The van der Waals surface area contributed by atoms with E-state index in [1.54, 1.807) is 23.5 Å². The van der Waals surface area contributed by atoms with Crippen molar-refractivity contribution in [3.63, 3.8) is 0 Å². The summed E-state index contributed by atoms with van der Waals surface area (Å²) in [7, 11) is 0. The number of aromatic carboxylic acids is 1. The van der Waals surface area contributed by atoms with E-state index in [9.17, 15) is 9.59 Å². The van der Waals surface area contributed by atoms with E-state index in [-0.39, 0.29) is 11.5 Å². The quantitative estimate of drug-likeness (QED) is 0.799. The molecule has 0 aliphatic rings. The molecule has 1 amide bonds. The Morgan fingerprint density at radius 3 is 2.62 bits per heavy atom. The lowest BCUT2D eigenvalue weighted by Gasteiger charge is -2.05. The van der Waals surface area contributed by atoms with Crippen LogP contribution in [0.5, 0.6) is 0 Å². The van der Waals surface area contributed by atoms with Gasteiger partial charge in [-0.15, -0.1) is 11.3 Å². The lowest BCUT2D eigenvalue weighted by Crippen LogP contribution is -2.08. The minimum absolute atomic E-state index is 0.157. The molecule has 0 saturated heterocycles. The van der Waals surface area contributed by atoms with Crippen molar-refractivity contribution in [1.82, 2.24) is 0 Å². The average molecular weight is 366 g/mol. The molecule has 4 nitrogen and oxygen atoms in total. The number of rotatable bonds is 4. The number of carbonyl (C=O) groups excluding carboxylic acids is 1. The summed E-state index contributed by atoms with van der Waals surface area (Å²) in [5.41, 5.74) is 0.682. The van der Waals surface area contributed by atoms with Crippen LogP contribution >= 0.6 is 27.3 Å². The fourth-order valence-electron chi connectivity index (χ4n) is 1.62. The minimum atomic E-state index is -1.01. The molecule has 0 unspecified atom stereocenters. The number of hydrogen-bond acceptors (Lipinski definition) is 3. The highest BCUT2D eigenvalue weighted by molar-refractivity contribution is 9.10. The largest absolute Gasteiger partial charge is 0.478 e. The molecule has 21 heavy (non-hydrogen) atoms. The lowest BCUT2D eigenvalue weighted by molar-refractivity contribution is -0.111. The Morgan fingerprint density at radius 1 is 1.29 bits per heavy atom. The van der Waals surface area contributed by atoms with Crippen LogP contribution in [0.4, 0.5) is 5.69 Å². The standard InChI is InChI=1S/C15H12BrNO3S/c1-9-2-4-11(21-9)5-7-14(18)17-13-6-3-10(15(19)20)8-12(13)16/h2-8H,1H3,(H,17,18)(H,19,20). The Bertz CT molecular complexity index is 721. The fourth-order valence-corrected chi connectivity index (χ4v) is 2.88. The van der Waals surface area contributed by atoms with Gasteiger partial charge in [-0.1, -0.05) is 0 Å². The first kappa shape index (κ1) is 15.5. The number of anilines is 1. The van der Waals surface area contributed by atoms with Crippen molar-refractivity contribution in [2.75, 3.05) is 5.32 Å². The molecule has 0 aliphatic carbocycles. The van der Waals surface area contributed by atoms with E-state index in [2.05, 4.69) is 21.2 Å². The van der Waals surface area contributed by atoms with Crippen LogP contribution in [0.15, 0.2) is 40.9 Å². The molecule has 0 fully saturated rings. The van der Waals surface area contributed by atoms with Crippen LogP contribution < -0.4 is 5.32 Å². The van der Waals surface area contributed by atoms with Crippen molar-refractivity contribution in [3.8, 4) is 0 Å². The molecular weight excluding hydrogens is 354 g/mol. The number of benzene rings is 1. The SMILES string of the molecule is Cc1ccc(C=CC(=O)Nc2ccc(C(=O)O)cc2Br)s1. The van der Waals surface area contributed by atoms with Crippen molar-refractivity contribution in [2.24, 2.45) is 0 Å². The molecule has 0 spiro atoms. The molecule has 0 bridgehead atoms. The number of carbonyl (C=O) groups is 2. The van der Waals surface area contributed by atoms with E-state index in [0.29, 0.717) is 10.2 Å². The van der Waals surface area contributed by atoms with Crippen LogP contribution in [0.3, 0.4) is 0 Å². The topological polar surface area (TPSA) is 66.4 Å². The van der Waals surface area contributed by atoms with E-state index in [1.165, 1.54) is 23.1 Å². The van der Waals surface area contributed by atoms with Gasteiger partial charge in [-0.05, 0) is 59.3 Å². The number of amides is 1. The highest BCUT2D eigenvalue weighted by atomic mass is 79.9. The summed E-state index contributed by atoms with van der Waals surface area (Å²) in [6.07, 6.45) is 3.19. The van der Waals surface area contributed by atoms with Gasteiger partial charge in [-0.2, -0.15) is 0 Å². The zero-order valence-electron chi connectivity index (χ0n) is 11.1. The molecule has 108 valence electrons. The zero-order valence-corrected chi connectivity index (χ0v) is 13.5. The number of aryl methyl sites for hydroxylation is 1. The molecule has 1 heterocycles. The summed E-state index contributed by atoms with van der Waals surface area (Å²) >= 11 is 4.85. The number of halogens is 1. The van der Waals surface area contributed by atoms with E-state index in [1.807, 2.05) is 19.1 Å². The monoisotopic (exact) mass is 365 g/mol. The number of nitrogens with one attached hydrogen (secondary N) is 1. The normalized spacial score (nSPS) is 10.8. The first-order valence-corrected chi connectivity index (χ1v) is 7.65. The molecule has 0 atom stereocenters. The summed E-state index contributed by atoms with van der Waals surface area (Å²) in [5.74, 6) is -1.29. The first-order chi connectivity index (χ1) is 9.95. The predicted molar refractivity (Wildman–Crippen MR) is 87.8 cm³/mol. The zero-order chi connectivity index (χ0) is 15.4. The predicted octanol–water partition coefficient (Wildman–Crippen LogP) is 4.17. The fraction of sp³-hybridized carbons (Fsp3) is 0.0667. The summed E-state index contributed by atoms with van der Waals surface area (Å²) in [6, 6.07) is 8.37. The van der Waals surface area contributed by atoms with Gasteiger partial charge in [0.15, 0.2) is 0 Å². The van der Waals surface area contributed by atoms with Crippen LogP contribution in [0.1, 0.15) is 20.1 Å². The van der Waals surface area contributed by atoms with Crippen molar-refractivity contribution in [3.05, 3.63) is 56.2 Å². The van der Waals surface area contributed by atoms with Crippen LogP contribution in [0.25, 0.3) is 6.08 Å². The maximum Gasteiger partial charge on any atom is 0.335 e. The van der Waals surface area contributed by atoms with Gasteiger partial charge >= 0.3 is 5.97 Å². The Hall–Kier alpha value is -1.92. The van der Waals surface area contributed by atoms with Gasteiger partial charge in [0.05, 0.1) is 11.3 Å². The second-order valence-electron chi connectivity index (χ2n) is 4.27. The summed E-state index contributed by atoms with van der Waals surface area (Å²) in [5, 5.41) is 11.6. The highest BCUT2D eigenvalue weighted by Crippen LogP contribution is 2.24. The summed E-state index contributed by atoms with van der Waals surface area (Å²) in [4.78, 5) is 24.8. The minimum Gasteiger partial charge on any atom is -0.478 e. The lowest BCUT2D eigenvalue weighted by atomic mass is 10.2. The Morgan fingerprint density at radius 2 is 2.05 bits per heavy atom. The Labute approximate surface area is 134 Å². The summed E-state index contributed by atoms with van der Waals surface area (Å²) < 4.78 is 0.524. The van der Waals surface area contributed by atoms with E-state index < -0.39 is 5.97 Å². The second-order valence-corrected chi connectivity index (χ2v) is 6.44. The maximum atomic E-state index is 11.8. The highest BCUT2D eigenvalue weighted by Gasteiger charge is 2.08. The van der Waals surface area contributed by atoms with E-state index >= 15 is 0 Å². The Balaban J connectivity index is 2.06. The van der Waals surface area contributed by atoms with Gasteiger partial charge in [-0.25, -0.2) is 4.79 Å². The second kappa shape index (κ2) is 6.69. The number of carboxylic acids is 1. The van der Waals surface area contributed by atoms with E-state index in [0.717, 1.165) is 4.88 Å². The number of thiophene rings is 1. The molecule has 0 radical (unpaired) electrons. The van der Waals surface area contributed by atoms with Crippen LogP contribution in [-0.4, -0.2) is 17.0 Å². The number of hydrogen-bond donors (Lipinski definition) is 2. The molecule has 2 aromatic rings.